The Labute approximate surface area is 196 Å². The van der Waals surface area contributed by atoms with E-state index < -0.39 is 0 Å². The maximum Gasteiger partial charge on any atom is 0 e. The molecule has 3 aromatic carbocycles. The first-order chi connectivity index (χ1) is 11.1. The van der Waals surface area contributed by atoms with E-state index in [1.54, 1.807) is 0 Å². The van der Waals surface area contributed by atoms with Crippen molar-refractivity contribution < 1.29 is 26.2 Å². The topological polar surface area (TPSA) is 0 Å². The van der Waals surface area contributed by atoms with Crippen LogP contribution in [0.3, 0.4) is 0 Å². The second-order valence-corrected chi connectivity index (χ2v) is 9.14. The predicted octanol–water partition coefficient (Wildman–Crippen LogP) is 7.97. The van der Waals surface area contributed by atoms with E-state index in [1.165, 1.54) is 38.6 Å². The third kappa shape index (κ3) is 5.75. The molecule has 0 fully saturated rings. The van der Waals surface area contributed by atoms with Gasteiger partial charge < -0.3 is 0 Å². The Morgan fingerprint density at radius 2 is 1.26 bits per heavy atom. The van der Waals surface area contributed by atoms with Gasteiger partial charge in [0.25, 0.3) is 0 Å². The molecule has 0 N–H and O–H groups in total. The minimum atomic E-state index is 0. The van der Waals surface area contributed by atoms with Gasteiger partial charge in [0, 0.05) is 26.2 Å². The summed E-state index contributed by atoms with van der Waals surface area (Å²) < 4.78 is 0. The zero-order chi connectivity index (χ0) is 17.7. The molecule has 0 amide bonds. The Morgan fingerprint density at radius 3 is 1.74 bits per heavy atom. The van der Waals surface area contributed by atoms with Gasteiger partial charge in [0.2, 0.25) is 0 Å². The van der Waals surface area contributed by atoms with Crippen LogP contribution in [0.25, 0.3) is 21.9 Å². The number of aryl methyl sites for hydroxylation is 1. The van der Waals surface area contributed by atoms with Crippen LogP contribution in [0, 0.1) is 6.92 Å². The molecule has 0 saturated carbocycles. The van der Waals surface area contributed by atoms with Gasteiger partial charge in [0.15, 0.2) is 0 Å². The molecular formula is C24H31Cl2Zr-. The fraction of sp³-hybridized carbons (Fsp3) is 0.375. The normalized spacial score (nSPS) is 11.4. The van der Waals surface area contributed by atoms with E-state index in [-0.39, 0.29) is 61.8 Å². The van der Waals surface area contributed by atoms with Gasteiger partial charge in [-0.05, 0) is 27.5 Å². The quantitative estimate of drug-likeness (QED) is 0.309. The molecule has 3 rings (SSSR count). The number of fused-ring (bicyclic) bond motifs is 1. The Morgan fingerprint density at radius 1 is 0.741 bits per heavy atom. The van der Waals surface area contributed by atoms with Crippen LogP contribution >= 0.6 is 24.8 Å². The van der Waals surface area contributed by atoms with Crippen molar-refractivity contribution in [1.29, 1.82) is 0 Å². The molecule has 27 heavy (non-hydrogen) atoms. The van der Waals surface area contributed by atoms with E-state index in [9.17, 15) is 0 Å². The van der Waals surface area contributed by atoms with Gasteiger partial charge in [-0.3, -0.25) is 0 Å². The summed E-state index contributed by atoms with van der Waals surface area (Å²) in [6.45, 7) is 16.0. The molecular weight excluding hydrogens is 450 g/mol. The molecule has 0 atom stereocenters. The number of hydrogen-bond donors (Lipinski definition) is 0. The molecule has 0 unspecified atom stereocenters. The fourth-order valence-corrected chi connectivity index (χ4v) is 3.29. The van der Waals surface area contributed by atoms with Gasteiger partial charge in [-0.1, -0.05) is 78.3 Å². The van der Waals surface area contributed by atoms with Crippen molar-refractivity contribution in [1.82, 2.24) is 0 Å². The van der Waals surface area contributed by atoms with Crippen molar-refractivity contribution in [3.8, 4) is 11.1 Å². The predicted molar refractivity (Wildman–Crippen MR) is 122 cm³/mol. The average Bonchev–Trinajstić information content (AvgIpc) is 2.84. The number of halogens is 2. The van der Waals surface area contributed by atoms with Crippen LogP contribution in [-0.4, -0.2) is 0 Å². The van der Waals surface area contributed by atoms with E-state index in [0.717, 1.165) is 0 Å². The monoisotopic (exact) mass is 479 g/mol. The van der Waals surface area contributed by atoms with E-state index >= 15 is 0 Å². The summed E-state index contributed by atoms with van der Waals surface area (Å²) in [5.74, 6) is 0. The third-order valence-corrected chi connectivity index (χ3v) is 4.87. The van der Waals surface area contributed by atoms with Crippen LogP contribution in [0.15, 0.2) is 48.5 Å². The maximum absolute atomic E-state index is 2.39. The first kappa shape index (κ1) is 26.5. The molecule has 3 aromatic rings. The standard InChI is InChI=1S/C24H29.2ClH.Zr/c1-16-11-17-9-8-10-21(22(17)12-16)18-13-19(23(2,3)4)15-20(14-18)24(5,6)7;;;/h8-15H,1-7H3;2*1H;/q-1;;;. The van der Waals surface area contributed by atoms with Crippen molar-refractivity contribution in [2.75, 3.05) is 0 Å². The van der Waals surface area contributed by atoms with Gasteiger partial charge >= 0.3 is 0 Å². The van der Waals surface area contributed by atoms with Crippen LogP contribution in [-0.2, 0) is 37.0 Å². The fourth-order valence-electron chi connectivity index (χ4n) is 3.29. The smallest absolute Gasteiger partial charge is 0 e. The largest absolute Gasteiger partial charge is 0.165 e. The second-order valence-electron chi connectivity index (χ2n) is 9.14. The van der Waals surface area contributed by atoms with Crippen molar-refractivity contribution in [2.24, 2.45) is 0 Å². The third-order valence-electron chi connectivity index (χ3n) is 4.87. The first-order valence-electron chi connectivity index (χ1n) is 8.88. The summed E-state index contributed by atoms with van der Waals surface area (Å²) >= 11 is 0. The van der Waals surface area contributed by atoms with Crippen LogP contribution in [0.5, 0.6) is 0 Å². The van der Waals surface area contributed by atoms with E-state index in [0.29, 0.717) is 0 Å². The molecule has 0 aliphatic carbocycles. The Bertz CT molecular complexity index is 861. The Kier molecular flexibility index (Phi) is 9.17. The molecule has 3 heteroatoms. The van der Waals surface area contributed by atoms with Gasteiger partial charge in [-0.15, -0.1) is 59.3 Å². The second kappa shape index (κ2) is 9.34. The van der Waals surface area contributed by atoms with E-state index in [2.05, 4.69) is 97.0 Å². The minimum absolute atomic E-state index is 0. The van der Waals surface area contributed by atoms with E-state index in [4.69, 9.17) is 0 Å². The van der Waals surface area contributed by atoms with Crippen molar-refractivity contribution in [3.05, 3.63) is 65.2 Å². The molecule has 0 radical (unpaired) electrons. The zero-order valence-corrected chi connectivity index (χ0v) is 21.5. The summed E-state index contributed by atoms with van der Waals surface area (Å²) in [5, 5.41) is 2.70. The number of rotatable bonds is 1. The van der Waals surface area contributed by atoms with Crippen LogP contribution < -0.4 is 0 Å². The Balaban J connectivity index is 0.00000225. The van der Waals surface area contributed by atoms with Crippen molar-refractivity contribution in [2.45, 2.75) is 59.3 Å². The van der Waals surface area contributed by atoms with Crippen LogP contribution in [0.2, 0.25) is 0 Å². The SMILES string of the molecule is Cc1cc2c(-c3cc(C(C)(C)C)cc(C(C)(C)C)c3)cccc2[cH-]1.Cl.Cl.[Zr]. The molecule has 0 heterocycles. The molecule has 0 aliphatic heterocycles. The number of benzene rings is 2. The summed E-state index contributed by atoms with van der Waals surface area (Å²) in [4.78, 5) is 0. The molecule has 0 saturated heterocycles. The van der Waals surface area contributed by atoms with Gasteiger partial charge in [-0.2, -0.15) is 6.07 Å². The molecule has 146 valence electrons. The summed E-state index contributed by atoms with van der Waals surface area (Å²) in [6.07, 6.45) is 0. The summed E-state index contributed by atoms with van der Waals surface area (Å²) in [5.41, 5.74) is 7.12. The van der Waals surface area contributed by atoms with Crippen molar-refractivity contribution in [3.63, 3.8) is 0 Å². The van der Waals surface area contributed by atoms with Crippen LogP contribution in [0.1, 0.15) is 58.2 Å². The summed E-state index contributed by atoms with van der Waals surface area (Å²) in [6, 6.07) is 18.4. The minimum Gasteiger partial charge on any atom is -0.165 e. The van der Waals surface area contributed by atoms with Gasteiger partial charge in [0.05, 0.1) is 0 Å². The number of hydrogen-bond acceptors (Lipinski definition) is 0. The zero-order valence-electron chi connectivity index (χ0n) is 17.4. The van der Waals surface area contributed by atoms with Gasteiger partial charge in [0.1, 0.15) is 0 Å². The molecule has 0 aliphatic rings. The molecule has 0 aromatic heterocycles. The Hall–Kier alpha value is -0.487. The summed E-state index contributed by atoms with van der Waals surface area (Å²) in [7, 11) is 0. The van der Waals surface area contributed by atoms with Crippen LogP contribution in [0.4, 0.5) is 0 Å². The molecule has 0 bridgehead atoms. The van der Waals surface area contributed by atoms with Crippen molar-refractivity contribution >= 4 is 35.6 Å². The average molecular weight is 482 g/mol. The molecule has 0 spiro atoms. The first-order valence-corrected chi connectivity index (χ1v) is 8.88. The van der Waals surface area contributed by atoms with Gasteiger partial charge in [-0.25, -0.2) is 0 Å². The van der Waals surface area contributed by atoms with E-state index in [1.807, 2.05) is 0 Å². The maximum atomic E-state index is 2.39. The molecule has 0 nitrogen and oxygen atoms in total.